The van der Waals surface area contributed by atoms with Gasteiger partial charge in [0.15, 0.2) is 11.5 Å². The molecule has 0 unspecified atom stereocenters. The molecule has 2 aromatic heterocycles. The van der Waals surface area contributed by atoms with Crippen LogP contribution in [0.5, 0.6) is 11.5 Å². The zero-order chi connectivity index (χ0) is 23.3. The number of benzene rings is 1. The lowest BCUT2D eigenvalue weighted by Gasteiger charge is -2.40. The van der Waals surface area contributed by atoms with Crippen molar-refractivity contribution in [1.82, 2.24) is 14.9 Å². The molecule has 1 aliphatic heterocycles. The summed E-state index contributed by atoms with van der Waals surface area (Å²) in [6, 6.07) is 16.1. The van der Waals surface area contributed by atoms with Crippen LogP contribution in [0.4, 0.5) is 0 Å². The number of amides is 2. The second-order valence-electron chi connectivity index (χ2n) is 7.94. The summed E-state index contributed by atoms with van der Waals surface area (Å²) in [6.45, 7) is 0.827. The summed E-state index contributed by atoms with van der Waals surface area (Å²) in [5, 5.41) is 0. The molecule has 3 aromatic rings. The largest absolute Gasteiger partial charge is 0.493 e. The fourth-order valence-corrected chi connectivity index (χ4v) is 4.21. The van der Waals surface area contributed by atoms with Crippen LogP contribution in [0.1, 0.15) is 34.6 Å². The second kappa shape index (κ2) is 9.68. The van der Waals surface area contributed by atoms with Crippen molar-refractivity contribution >= 4 is 11.8 Å². The Kier molecular flexibility index (Phi) is 6.53. The number of pyridine rings is 2. The smallest absolute Gasteiger partial charge is 0.257 e. The van der Waals surface area contributed by atoms with Crippen LogP contribution in [0.25, 0.3) is 0 Å². The summed E-state index contributed by atoms with van der Waals surface area (Å²) in [4.78, 5) is 36.5. The Labute approximate surface area is 192 Å². The van der Waals surface area contributed by atoms with Crippen molar-refractivity contribution in [3.05, 3.63) is 83.9 Å². The van der Waals surface area contributed by atoms with E-state index in [4.69, 9.17) is 15.2 Å². The number of para-hydroxylation sites is 1. The number of piperidine rings is 1. The van der Waals surface area contributed by atoms with Gasteiger partial charge in [-0.3, -0.25) is 19.6 Å². The Hall–Kier alpha value is -3.94. The van der Waals surface area contributed by atoms with Crippen molar-refractivity contribution in [2.24, 2.45) is 5.73 Å². The fourth-order valence-electron chi connectivity index (χ4n) is 4.21. The summed E-state index contributed by atoms with van der Waals surface area (Å²) in [5.74, 6) is 0.0329. The maximum absolute atomic E-state index is 13.6. The first kappa shape index (κ1) is 22.3. The number of nitrogens with two attached hydrogens (primary N) is 1. The average Bonchev–Trinajstić information content (AvgIpc) is 2.87. The Morgan fingerprint density at radius 2 is 1.85 bits per heavy atom. The first-order valence-corrected chi connectivity index (χ1v) is 10.8. The van der Waals surface area contributed by atoms with Crippen LogP contribution in [0.15, 0.2) is 67.0 Å². The summed E-state index contributed by atoms with van der Waals surface area (Å²) in [6.07, 6.45) is 4.47. The van der Waals surface area contributed by atoms with E-state index in [9.17, 15) is 9.59 Å². The van der Waals surface area contributed by atoms with E-state index in [1.54, 1.807) is 47.6 Å². The third-order valence-corrected chi connectivity index (χ3v) is 5.93. The third-order valence-electron chi connectivity index (χ3n) is 5.93. The minimum Gasteiger partial charge on any atom is -0.493 e. The molecule has 0 aliphatic carbocycles. The average molecular weight is 447 g/mol. The summed E-state index contributed by atoms with van der Waals surface area (Å²) < 4.78 is 11.5. The lowest BCUT2D eigenvalue weighted by Crippen LogP contribution is -2.55. The van der Waals surface area contributed by atoms with Crippen molar-refractivity contribution in [3.63, 3.8) is 0 Å². The molecule has 3 heterocycles. The topological polar surface area (TPSA) is 108 Å². The van der Waals surface area contributed by atoms with Gasteiger partial charge in [0, 0.05) is 25.5 Å². The minimum absolute atomic E-state index is 0.148. The van der Waals surface area contributed by atoms with E-state index in [0.717, 1.165) is 5.69 Å². The second-order valence-corrected chi connectivity index (χ2v) is 7.94. The highest BCUT2D eigenvalue weighted by Gasteiger charge is 2.45. The van der Waals surface area contributed by atoms with Crippen molar-refractivity contribution in [2.45, 2.75) is 24.9 Å². The van der Waals surface area contributed by atoms with E-state index >= 15 is 0 Å². The normalized spacial score (nSPS) is 17.9. The molecule has 0 saturated carbocycles. The number of hydrogen-bond acceptors (Lipinski definition) is 6. The number of ether oxygens (including phenoxy) is 2. The SMILES string of the molecule is COc1cccc(C(=O)N2CCC[C@](C(N)=O)(c3ccccn3)C2)c1OCc1ccccn1. The minimum atomic E-state index is -1.04. The molecule has 8 nitrogen and oxygen atoms in total. The van der Waals surface area contributed by atoms with Gasteiger partial charge in [-0.2, -0.15) is 0 Å². The van der Waals surface area contributed by atoms with Crippen molar-refractivity contribution in [3.8, 4) is 11.5 Å². The van der Waals surface area contributed by atoms with Crippen LogP contribution in [0.3, 0.4) is 0 Å². The maximum atomic E-state index is 13.6. The molecule has 4 rings (SSSR count). The van der Waals surface area contributed by atoms with Crippen LogP contribution < -0.4 is 15.2 Å². The highest BCUT2D eigenvalue weighted by atomic mass is 16.5. The Bertz CT molecular complexity index is 1120. The van der Waals surface area contributed by atoms with Crippen LogP contribution in [-0.4, -0.2) is 46.9 Å². The van der Waals surface area contributed by atoms with Crippen molar-refractivity contribution < 1.29 is 19.1 Å². The molecule has 2 N–H and O–H groups in total. The van der Waals surface area contributed by atoms with Gasteiger partial charge in [0.05, 0.1) is 24.1 Å². The fraction of sp³-hybridized carbons (Fsp3) is 0.280. The van der Waals surface area contributed by atoms with E-state index < -0.39 is 11.3 Å². The van der Waals surface area contributed by atoms with E-state index in [-0.39, 0.29) is 19.1 Å². The monoisotopic (exact) mass is 446 g/mol. The number of rotatable bonds is 7. The molecular weight excluding hydrogens is 420 g/mol. The highest BCUT2D eigenvalue weighted by Crippen LogP contribution is 2.36. The number of likely N-dealkylation sites (tertiary alicyclic amines) is 1. The van der Waals surface area contributed by atoms with Crippen molar-refractivity contribution in [1.29, 1.82) is 0 Å². The van der Waals surface area contributed by atoms with E-state index in [1.165, 1.54) is 7.11 Å². The molecule has 1 atom stereocenters. The van der Waals surface area contributed by atoms with Gasteiger partial charge >= 0.3 is 0 Å². The third kappa shape index (κ3) is 4.50. The van der Waals surface area contributed by atoms with Gasteiger partial charge in [-0.25, -0.2) is 0 Å². The Morgan fingerprint density at radius 1 is 1.06 bits per heavy atom. The molecule has 0 radical (unpaired) electrons. The molecule has 0 spiro atoms. The molecule has 170 valence electrons. The number of carbonyl (C=O) groups excluding carboxylic acids is 2. The van der Waals surface area contributed by atoms with Crippen LogP contribution >= 0.6 is 0 Å². The van der Waals surface area contributed by atoms with Gasteiger partial charge in [-0.15, -0.1) is 0 Å². The lowest BCUT2D eigenvalue weighted by molar-refractivity contribution is -0.125. The highest BCUT2D eigenvalue weighted by molar-refractivity contribution is 5.98. The quantitative estimate of drug-likeness (QED) is 0.598. The van der Waals surface area contributed by atoms with Crippen LogP contribution in [-0.2, 0) is 16.8 Å². The molecule has 8 heteroatoms. The molecular formula is C25H26N4O4. The van der Waals surface area contributed by atoms with Crippen LogP contribution in [0, 0.1) is 0 Å². The van der Waals surface area contributed by atoms with Crippen molar-refractivity contribution in [2.75, 3.05) is 20.2 Å². The van der Waals surface area contributed by atoms with E-state index in [1.807, 2.05) is 24.3 Å². The van der Waals surface area contributed by atoms with Gasteiger partial charge in [-0.05, 0) is 49.2 Å². The van der Waals surface area contributed by atoms with Gasteiger partial charge in [0.25, 0.3) is 5.91 Å². The zero-order valence-electron chi connectivity index (χ0n) is 18.4. The zero-order valence-corrected chi connectivity index (χ0v) is 18.4. The van der Waals surface area contributed by atoms with E-state index in [2.05, 4.69) is 9.97 Å². The first-order valence-electron chi connectivity index (χ1n) is 10.8. The standard InChI is InChI=1S/C25H26N4O4/c1-32-20-10-6-9-19(22(20)33-16-18-8-2-4-13-27-18)23(30)29-15-7-12-25(17-29,24(26)31)21-11-3-5-14-28-21/h2-6,8-11,13-14H,7,12,15-17H2,1H3,(H2,26,31)/t25-/m1/s1. The molecule has 1 aliphatic rings. The summed E-state index contributed by atoms with van der Waals surface area (Å²) in [5.41, 5.74) is 6.47. The predicted octanol–water partition coefficient (Wildman–Crippen LogP) is 2.72. The number of methoxy groups -OCH3 is 1. The molecule has 33 heavy (non-hydrogen) atoms. The number of carbonyl (C=O) groups is 2. The number of primary amides is 1. The first-order chi connectivity index (χ1) is 16.0. The Balaban J connectivity index is 1.64. The van der Waals surface area contributed by atoms with Crippen LogP contribution in [0.2, 0.25) is 0 Å². The van der Waals surface area contributed by atoms with Gasteiger partial charge in [0.1, 0.15) is 12.0 Å². The maximum Gasteiger partial charge on any atom is 0.257 e. The lowest BCUT2D eigenvalue weighted by atomic mass is 9.76. The molecule has 2 amide bonds. The van der Waals surface area contributed by atoms with Gasteiger partial charge in [0.2, 0.25) is 5.91 Å². The number of aromatic nitrogens is 2. The van der Waals surface area contributed by atoms with E-state index in [0.29, 0.717) is 42.1 Å². The van der Waals surface area contributed by atoms with Gasteiger partial charge < -0.3 is 20.1 Å². The molecule has 0 bridgehead atoms. The number of hydrogen-bond donors (Lipinski definition) is 1. The predicted molar refractivity (Wildman–Crippen MR) is 122 cm³/mol. The summed E-state index contributed by atoms with van der Waals surface area (Å²) in [7, 11) is 1.53. The number of nitrogens with zero attached hydrogens (tertiary/aromatic N) is 3. The van der Waals surface area contributed by atoms with Gasteiger partial charge in [-0.1, -0.05) is 18.2 Å². The Morgan fingerprint density at radius 3 is 2.52 bits per heavy atom. The summed E-state index contributed by atoms with van der Waals surface area (Å²) >= 11 is 0. The molecule has 1 aromatic carbocycles. The molecule has 1 fully saturated rings. The molecule has 1 saturated heterocycles.